The van der Waals surface area contributed by atoms with Gasteiger partial charge < -0.3 is 0 Å². The molecule has 0 unspecified atom stereocenters. The lowest BCUT2D eigenvalue weighted by atomic mass is 9.84. The molecule has 0 aliphatic carbocycles. The standard InChI is InChI=1S/C14H19BrN2O2/c1-14(2)7-4-8-16(10-14)9-11-5-3-6-12(13(11)15)17(18)19/h3,5-6H,4,7-10H2,1-2H3. The number of piperidine rings is 1. The fourth-order valence-corrected chi connectivity index (χ4v) is 3.28. The molecule has 19 heavy (non-hydrogen) atoms. The van der Waals surface area contributed by atoms with Gasteiger partial charge in [-0.05, 0) is 46.3 Å². The molecule has 4 nitrogen and oxygen atoms in total. The van der Waals surface area contributed by atoms with E-state index >= 15 is 0 Å². The Kier molecular flexibility index (Phi) is 4.26. The Bertz CT molecular complexity index is 488. The van der Waals surface area contributed by atoms with E-state index in [1.807, 2.05) is 6.07 Å². The van der Waals surface area contributed by atoms with Crippen LogP contribution in [0.3, 0.4) is 0 Å². The largest absolute Gasteiger partial charge is 0.299 e. The van der Waals surface area contributed by atoms with Gasteiger partial charge in [0.1, 0.15) is 0 Å². The molecule has 1 aliphatic rings. The molecule has 1 aromatic rings. The maximum Gasteiger partial charge on any atom is 0.283 e. The molecule has 0 atom stereocenters. The molecular weight excluding hydrogens is 308 g/mol. The van der Waals surface area contributed by atoms with Crippen LogP contribution in [0.25, 0.3) is 0 Å². The second-order valence-corrected chi connectivity index (χ2v) is 6.78. The summed E-state index contributed by atoms with van der Waals surface area (Å²) < 4.78 is 0.614. The highest BCUT2D eigenvalue weighted by molar-refractivity contribution is 9.10. The van der Waals surface area contributed by atoms with Gasteiger partial charge in [0.15, 0.2) is 0 Å². The molecule has 104 valence electrons. The summed E-state index contributed by atoms with van der Waals surface area (Å²) in [6, 6.07) is 5.25. The Balaban J connectivity index is 2.15. The van der Waals surface area contributed by atoms with Crippen molar-refractivity contribution in [3.8, 4) is 0 Å². The summed E-state index contributed by atoms with van der Waals surface area (Å²) in [5.74, 6) is 0. The first-order valence-corrected chi connectivity index (χ1v) is 7.32. The lowest BCUT2D eigenvalue weighted by Crippen LogP contribution is -2.39. The van der Waals surface area contributed by atoms with Gasteiger partial charge in [0.05, 0.1) is 9.40 Å². The molecule has 0 saturated carbocycles. The van der Waals surface area contributed by atoms with Crippen molar-refractivity contribution in [2.75, 3.05) is 13.1 Å². The van der Waals surface area contributed by atoms with Crippen molar-refractivity contribution in [1.82, 2.24) is 4.90 Å². The lowest BCUT2D eigenvalue weighted by molar-refractivity contribution is -0.385. The van der Waals surface area contributed by atoms with Gasteiger partial charge in [0, 0.05) is 19.2 Å². The molecule has 0 spiro atoms. The van der Waals surface area contributed by atoms with Gasteiger partial charge in [-0.15, -0.1) is 0 Å². The van der Waals surface area contributed by atoms with Crippen molar-refractivity contribution in [1.29, 1.82) is 0 Å². The van der Waals surface area contributed by atoms with Gasteiger partial charge in [-0.1, -0.05) is 26.0 Å². The molecule has 0 aromatic heterocycles. The number of hydrogen-bond acceptors (Lipinski definition) is 3. The van der Waals surface area contributed by atoms with E-state index in [0.29, 0.717) is 9.89 Å². The number of nitro benzene ring substituents is 1. The summed E-state index contributed by atoms with van der Waals surface area (Å²) in [4.78, 5) is 13.0. The number of nitro groups is 1. The van der Waals surface area contributed by atoms with Crippen LogP contribution in [-0.4, -0.2) is 22.9 Å². The molecule has 1 aliphatic heterocycles. The summed E-state index contributed by atoms with van der Waals surface area (Å²) in [6.07, 6.45) is 2.44. The Morgan fingerprint density at radius 2 is 2.21 bits per heavy atom. The minimum atomic E-state index is -0.340. The molecular formula is C14H19BrN2O2. The summed E-state index contributed by atoms with van der Waals surface area (Å²) in [7, 11) is 0. The number of halogens is 1. The molecule has 0 radical (unpaired) electrons. The second-order valence-electron chi connectivity index (χ2n) is 5.99. The maximum absolute atomic E-state index is 10.9. The van der Waals surface area contributed by atoms with Crippen LogP contribution in [-0.2, 0) is 6.54 Å². The molecule has 5 heteroatoms. The van der Waals surface area contributed by atoms with Gasteiger partial charge in [0.25, 0.3) is 5.69 Å². The van der Waals surface area contributed by atoms with E-state index in [1.54, 1.807) is 6.07 Å². The molecule has 1 aromatic carbocycles. The number of nitrogens with zero attached hydrogens (tertiary/aromatic N) is 2. The van der Waals surface area contributed by atoms with Gasteiger partial charge in [-0.3, -0.25) is 15.0 Å². The van der Waals surface area contributed by atoms with Gasteiger partial charge in [0.2, 0.25) is 0 Å². The minimum absolute atomic E-state index is 0.147. The van der Waals surface area contributed by atoms with E-state index < -0.39 is 0 Å². The summed E-state index contributed by atoms with van der Waals surface area (Å²) in [5.41, 5.74) is 1.48. The first kappa shape index (κ1) is 14.5. The summed E-state index contributed by atoms with van der Waals surface area (Å²) in [5, 5.41) is 10.9. The molecule has 1 saturated heterocycles. The quantitative estimate of drug-likeness (QED) is 0.623. The predicted molar refractivity (Wildman–Crippen MR) is 79.1 cm³/mol. The van der Waals surface area contributed by atoms with Gasteiger partial charge in [-0.2, -0.15) is 0 Å². The van der Waals surface area contributed by atoms with Crippen LogP contribution in [0.15, 0.2) is 22.7 Å². The van der Waals surface area contributed by atoms with E-state index in [2.05, 4.69) is 34.7 Å². The second kappa shape index (κ2) is 5.59. The summed E-state index contributed by atoms with van der Waals surface area (Å²) in [6.45, 7) is 7.44. The fraction of sp³-hybridized carbons (Fsp3) is 0.571. The first-order chi connectivity index (χ1) is 8.89. The van der Waals surface area contributed by atoms with Crippen molar-refractivity contribution in [3.63, 3.8) is 0 Å². The predicted octanol–water partition coefficient (Wildman–Crippen LogP) is 3.98. The third-order valence-corrected chi connectivity index (χ3v) is 4.54. The van der Waals surface area contributed by atoms with E-state index in [1.165, 1.54) is 18.9 Å². The van der Waals surface area contributed by atoms with Crippen molar-refractivity contribution in [3.05, 3.63) is 38.3 Å². The monoisotopic (exact) mass is 326 g/mol. The number of benzene rings is 1. The highest BCUT2D eigenvalue weighted by Gasteiger charge is 2.27. The third kappa shape index (κ3) is 3.54. The normalized spacial score (nSPS) is 19.3. The molecule has 0 amide bonds. The van der Waals surface area contributed by atoms with E-state index in [-0.39, 0.29) is 10.6 Å². The number of hydrogen-bond donors (Lipinski definition) is 0. The maximum atomic E-state index is 10.9. The Labute approximate surface area is 122 Å². The van der Waals surface area contributed by atoms with Gasteiger partial charge >= 0.3 is 0 Å². The average Bonchev–Trinajstić information content (AvgIpc) is 2.30. The van der Waals surface area contributed by atoms with Crippen LogP contribution in [0.4, 0.5) is 5.69 Å². The first-order valence-electron chi connectivity index (χ1n) is 6.53. The SMILES string of the molecule is CC1(C)CCCN(Cc2cccc([N+](=O)[O-])c2Br)C1. The molecule has 1 fully saturated rings. The van der Waals surface area contributed by atoms with Crippen LogP contribution in [0.1, 0.15) is 32.3 Å². The lowest BCUT2D eigenvalue weighted by Gasteiger charge is -2.38. The van der Waals surface area contributed by atoms with E-state index in [4.69, 9.17) is 0 Å². The highest BCUT2D eigenvalue weighted by Crippen LogP contribution is 2.32. The zero-order valence-corrected chi connectivity index (χ0v) is 12.9. The molecule has 0 bridgehead atoms. The number of likely N-dealkylation sites (tertiary alicyclic amines) is 1. The van der Waals surface area contributed by atoms with Crippen LogP contribution in [0, 0.1) is 15.5 Å². The Morgan fingerprint density at radius 1 is 1.47 bits per heavy atom. The van der Waals surface area contributed by atoms with Crippen LogP contribution in [0.2, 0.25) is 0 Å². The molecule has 1 heterocycles. The fourth-order valence-electron chi connectivity index (χ4n) is 2.75. The van der Waals surface area contributed by atoms with Crippen molar-refractivity contribution < 1.29 is 4.92 Å². The average molecular weight is 327 g/mol. The van der Waals surface area contributed by atoms with Crippen LogP contribution < -0.4 is 0 Å². The third-order valence-electron chi connectivity index (χ3n) is 3.63. The molecule has 2 rings (SSSR count). The van der Waals surface area contributed by atoms with Crippen LogP contribution in [0.5, 0.6) is 0 Å². The number of rotatable bonds is 3. The summed E-state index contributed by atoms with van der Waals surface area (Å²) >= 11 is 3.37. The topological polar surface area (TPSA) is 46.4 Å². The Morgan fingerprint density at radius 3 is 2.84 bits per heavy atom. The zero-order chi connectivity index (χ0) is 14.0. The van der Waals surface area contributed by atoms with E-state index in [9.17, 15) is 10.1 Å². The van der Waals surface area contributed by atoms with Crippen molar-refractivity contribution >= 4 is 21.6 Å². The molecule has 0 N–H and O–H groups in total. The van der Waals surface area contributed by atoms with Crippen molar-refractivity contribution in [2.24, 2.45) is 5.41 Å². The highest BCUT2D eigenvalue weighted by atomic mass is 79.9. The smallest absolute Gasteiger partial charge is 0.283 e. The van der Waals surface area contributed by atoms with E-state index in [0.717, 1.165) is 25.2 Å². The Hall–Kier alpha value is -0.940. The zero-order valence-electron chi connectivity index (χ0n) is 11.4. The van der Waals surface area contributed by atoms with Crippen LogP contribution >= 0.6 is 15.9 Å². The van der Waals surface area contributed by atoms with Crippen molar-refractivity contribution in [2.45, 2.75) is 33.2 Å². The minimum Gasteiger partial charge on any atom is -0.299 e. The van der Waals surface area contributed by atoms with Gasteiger partial charge in [-0.25, -0.2) is 0 Å².